The lowest BCUT2D eigenvalue weighted by atomic mass is 10.00. The van der Waals surface area contributed by atoms with Crippen LogP contribution in [0.3, 0.4) is 0 Å². The highest BCUT2D eigenvalue weighted by Gasteiger charge is 2.31. The monoisotopic (exact) mass is 299 g/mol. The Labute approximate surface area is 117 Å². The Balaban J connectivity index is 2.53. The van der Waals surface area contributed by atoms with E-state index in [-0.39, 0.29) is 11.3 Å². The summed E-state index contributed by atoms with van der Waals surface area (Å²) < 4.78 is 64.5. The lowest BCUT2D eigenvalue weighted by Gasteiger charge is -2.11. The molecule has 0 fully saturated rings. The first-order valence-corrected chi connectivity index (χ1v) is 5.92. The van der Waals surface area contributed by atoms with Gasteiger partial charge in [0.1, 0.15) is 11.6 Å². The van der Waals surface area contributed by atoms with Crippen molar-refractivity contribution in [3.63, 3.8) is 0 Å². The molecule has 2 rings (SSSR count). The molecule has 0 bridgehead atoms. The molecule has 0 heterocycles. The molecule has 0 unspecified atom stereocenters. The molecule has 6 heteroatoms. The Bertz CT molecular complexity index is 671. The van der Waals surface area contributed by atoms with Crippen LogP contribution >= 0.6 is 0 Å². The number of halogens is 5. The third kappa shape index (κ3) is 3.45. The van der Waals surface area contributed by atoms with Crippen LogP contribution in [0.5, 0.6) is 0 Å². The van der Waals surface area contributed by atoms with Crippen molar-refractivity contribution in [1.82, 2.24) is 0 Å². The Morgan fingerprint density at radius 1 is 0.857 bits per heavy atom. The van der Waals surface area contributed by atoms with Crippen molar-refractivity contribution in [3.8, 4) is 0 Å². The quantitative estimate of drug-likeness (QED) is 0.574. The zero-order valence-electron chi connectivity index (χ0n) is 10.9. The topological polar surface area (TPSA) is 12.4 Å². The Hall–Kier alpha value is -2.24. The number of hydrogen-bond acceptors (Lipinski definition) is 1. The summed E-state index contributed by atoms with van der Waals surface area (Å²) in [6.45, 7) is 0. The van der Waals surface area contributed by atoms with E-state index in [2.05, 4.69) is 4.99 Å². The normalized spacial score (nSPS) is 12.6. The van der Waals surface area contributed by atoms with E-state index in [0.29, 0.717) is 11.6 Å². The summed E-state index contributed by atoms with van der Waals surface area (Å²) in [7, 11) is 1.37. The van der Waals surface area contributed by atoms with E-state index in [1.165, 1.54) is 19.2 Å². The van der Waals surface area contributed by atoms with Gasteiger partial charge in [0.25, 0.3) is 0 Å². The molecule has 0 aromatic heterocycles. The fraction of sp³-hybridized carbons (Fsp3) is 0.133. The van der Waals surface area contributed by atoms with Crippen LogP contribution in [-0.4, -0.2) is 12.8 Å². The fourth-order valence-corrected chi connectivity index (χ4v) is 1.92. The second kappa shape index (κ2) is 5.63. The summed E-state index contributed by atoms with van der Waals surface area (Å²) in [5.74, 6) is -1.49. The van der Waals surface area contributed by atoms with Crippen molar-refractivity contribution in [2.24, 2.45) is 4.99 Å². The molecule has 0 amide bonds. The summed E-state index contributed by atoms with van der Waals surface area (Å²) in [6, 6.07) is 7.25. The first-order valence-electron chi connectivity index (χ1n) is 5.92. The SMILES string of the molecule is CN=C(c1ccc(F)cc1)c1cc(F)cc(C(F)(F)F)c1. The second-order valence-corrected chi connectivity index (χ2v) is 4.31. The molecular formula is C15H10F5N. The fourth-order valence-electron chi connectivity index (χ4n) is 1.92. The lowest BCUT2D eigenvalue weighted by molar-refractivity contribution is -0.137. The van der Waals surface area contributed by atoms with Gasteiger partial charge in [-0.25, -0.2) is 8.78 Å². The smallest absolute Gasteiger partial charge is 0.287 e. The highest BCUT2D eigenvalue weighted by atomic mass is 19.4. The highest BCUT2D eigenvalue weighted by molar-refractivity contribution is 6.12. The van der Waals surface area contributed by atoms with Gasteiger partial charge in [-0.3, -0.25) is 4.99 Å². The predicted molar refractivity (Wildman–Crippen MR) is 69.4 cm³/mol. The van der Waals surface area contributed by atoms with E-state index in [0.717, 1.165) is 24.3 Å². The van der Waals surface area contributed by atoms with Crippen LogP contribution in [0.1, 0.15) is 16.7 Å². The van der Waals surface area contributed by atoms with Crippen molar-refractivity contribution in [3.05, 3.63) is 70.8 Å². The van der Waals surface area contributed by atoms with Gasteiger partial charge in [0.05, 0.1) is 11.3 Å². The van der Waals surface area contributed by atoms with Crippen LogP contribution in [0.4, 0.5) is 22.0 Å². The molecule has 0 aliphatic carbocycles. The summed E-state index contributed by atoms with van der Waals surface area (Å²) in [5, 5.41) is 0. The first-order chi connectivity index (χ1) is 9.81. The van der Waals surface area contributed by atoms with Crippen molar-refractivity contribution in [2.75, 3.05) is 7.05 Å². The molecule has 0 N–H and O–H groups in total. The minimum absolute atomic E-state index is 0.0172. The van der Waals surface area contributed by atoms with E-state index >= 15 is 0 Å². The van der Waals surface area contributed by atoms with Gasteiger partial charge < -0.3 is 0 Å². The minimum atomic E-state index is -4.65. The van der Waals surface area contributed by atoms with E-state index in [1.54, 1.807) is 0 Å². The van der Waals surface area contributed by atoms with Crippen molar-refractivity contribution < 1.29 is 22.0 Å². The number of hydrogen-bond donors (Lipinski definition) is 0. The minimum Gasteiger partial charge on any atom is -0.287 e. The number of rotatable bonds is 2. The number of alkyl halides is 3. The van der Waals surface area contributed by atoms with Crippen molar-refractivity contribution >= 4 is 5.71 Å². The lowest BCUT2D eigenvalue weighted by Crippen LogP contribution is -2.10. The molecule has 0 saturated heterocycles. The third-order valence-corrected chi connectivity index (χ3v) is 2.84. The summed E-state index contributed by atoms with van der Waals surface area (Å²) >= 11 is 0. The zero-order chi connectivity index (χ0) is 15.6. The molecule has 1 nitrogen and oxygen atoms in total. The maximum Gasteiger partial charge on any atom is 0.416 e. The van der Waals surface area contributed by atoms with Crippen LogP contribution in [-0.2, 0) is 6.18 Å². The van der Waals surface area contributed by atoms with E-state index in [4.69, 9.17) is 0 Å². The van der Waals surface area contributed by atoms with Gasteiger partial charge in [0.15, 0.2) is 0 Å². The Kier molecular flexibility index (Phi) is 4.06. The standard InChI is InChI=1S/C15H10F5N/c1-21-14(9-2-4-12(16)5-3-9)10-6-11(15(18,19)20)8-13(17)7-10/h2-8H,1H3. The summed E-state index contributed by atoms with van der Waals surface area (Å²) in [4.78, 5) is 3.88. The van der Waals surface area contributed by atoms with Crippen LogP contribution in [0.15, 0.2) is 47.5 Å². The Morgan fingerprint density at radius 2 is 1.48 bits per heavy atom. The van der Waals surface area contributed by atoms with Gasteiger partial charge >= 0.3 is 6.18 Å². The number of benzene rings is 2. The van der Waals surface area contributed by atoms with E-state index in [1.807, 2.05) is 0 Å². The largest absolute Gasteiger partial charge is 0.416 e. The van der Waals surface area contributed by atoms with Gasteiger partial charge in [-0.2, -0.15) is 13.2 Å². The van der Waals surface area contributed by atoms with Crippen LogP contribution < -0.4 is 0 Å². The first kappa shape index (κ1) is 15.2. The average molecular weight is 299 g/mol. The maximum atomic E-state index is 13.4. The molecule has 0 aliphatic rings. The molecule has 0 atom stereocenters. The number of aliphatic imine (C=N–C) groups is 1. The zero-order valence-corrected chi connectivity index (χ0v) is 10.9. The molecule has 0 saturated carbocycles. The Morgan fingerprint density at radius 3 is 2.00 bits per heavy atom. The average Bonchev–Trinajstić information content (AvgIpc) is 2.40. The number of nitrogens with zero attached hydrogens (tertiary/aromatic N) is 1. The van der Waals surface area contributed by atoms with Gasteiger partial charge in [-0.15, -0.1) is 0 Å². The van der Waals surface area contributed by atoms with Gasteiger partial charge in [-0.1, -0.05) is 0 Å². The molecule has 0 spiro atoms. The van der Waals surface area contributed by atoms with E-state index in [9.17, 15) is 22.0 Å². The molecule has 21 heavy (non-hydrogen) atoms. The molecule has 0 radical (unpaired) electrons. The molecule has 110 valence electrons. The second-order valence-electron chi connectivity index (χ2n) is 4.31. The van der Waals surface area contributed by atoms with E-state index < -0.39 is 23.4 Å². The molecular weight excluding hydrogens is 289 g/mol. The predicted octanol–water partition coefficient (Wildman–Crippen LogP) is 4.45. The van der Waals surface area contributed by atoms with Crippen molar-refractivity contribution in [2.45, 2.75) is 6.18 Å². The highest BCUT2D eigenvalue weighted by Crippen LogP contribution is 2.31. The van der Waals surface area contributed by atoms with Gasteiger partial charge in [-0.05, 0) is 42.5 Å². The van der Waals surface area contributed by atoms with Crippen LogP contribution in [0.25, 0.3) is 0 Å². The summed E-state index contributed by atoms with van der Waals surface area (Å²) in [5.41, 5.74) is -0.560. The molecule has 2 aromatic rings. The maximum absolute atomic E-state index is 13.4. The van der Waals surface area contributed by atoms with Gasteiger partial charge in [0, 0.05) is 18.2 Å². The third-order valence-electron chi connectivity index (χ3n) is 2.84. The molecule has 0 aliphatic heterocycles. The molecule has 2 aromatic carbocycles. The van der Waals surface area contributed by atoms with Crippen molar-refractivity contribution in [1.29, 1.82) is 0 Å². The summed E-state index contributed by atoms with van der Waals surface area (Å²) in [6.07, 6.45) is -4.65. The van der Waals surface area contributed by atoms with Crippen LogP contribution in [0.2, 0.25) is 0 Å². The van der Waals surface area contributed by atoms with Crippen LogP contribution in [0, 0.1) is 11.6 Å². The van der Waals surface area contributed by atoms with Gasteiger partial charge in [0.2, 0.25) is 0 Å².